The van der Waals surface area contributed by atoms with Crippen molar-refractivity contribution in [2.75, 3.05) is 13.7 Å². The number of carboxylic acid groups (broad SMARTS) is 1. The Labute approximate surface area is 122 Å². The fourth-order valence-corrected chi connectivity index (χ4v) is 4.10. The van der Waals surface area contributed by atoms with E-state index >= 15 is 0 Å². The number of carboxylic acids is 1. The standard InChI is InChI=1S/C15H19NO5/c1-21-15(20)10-3-2-6-16(10)13(17)11-8-4-5-9(7-8)12(11)14(18)19/h4-5,8-12H,2-3,6-7H2,1H3,(H,18,19)/t8-,9-,10-,11-,12+/m0/s1. The predicted molar refractivity (Wildman–Crippen MR) is 72.1 cm³/mol. The number of allylic oxidation sites excluding steroid dienone is 2. The molecule has 0 spiro atoms. The average molecular weight is 293 g/mol. The monoisotopic (exact) mass is 293 g/mol. The van der Waals surface area contributed by atoms with Crippen LogP contribution in [-0.4, -0.2) is 47.5 Å². The Bertz CT molecular complexity index is 514. The third kappa shape index (κ3) is 2.13. The molecule has 1 heterocycles. The minimum absolute atomic E-state index is 0.0116. The highest BCUT2D eigenvalue weighted by molar-refractivity contribution is 5.90. The molecule has 0 aromatic rings. The maximum Gasteiger partial charge on any atom is 0.328 e. The van der Waals surface area contributed by atoms with Gasteiger partial charge in [-0.1, -0.05) is 12.2 Å². The van der Waals surface area contributed by atoms with Crippen molar-refractivity contribution in [1.29, 1.82) is 0 Å². The van der Waals surface area contributed by atoms with Gasteiger partial charge in [-0.2, -0.15) is 0 Å². The molecule has 0 radical (unpaired) electrons. The summed E-state index contributed by atoms with van der Waals surface area (Å²) in [5.41, 5.74) is 0. The summed E-state index contributed by atoms with van der Waals surface area (Å²) in [6.07, 6.45) is 5.93. The Balaban J connectivity index is 1.83. The number of esters is 1. The fourth-order valence-electron chi connectivity index (χ4n) is 4.10. The Morgan fingerprint density at radius 1 is 1.19 bits per heavy atom. The third-order valence-electron chi connectivity index (χ3n) is 5.04. The van der Waals surface area contributed by atoms with Crippen molar-refractivity contribution in [2.45, 2.75) is 25.3 Å². The number of carbonyl (C=O) groups excluding carboxylic acids is 2. The van der Waals surface area contributed by atoms with Gasteiger partial charge in [0.05, 0.1) is 18.9 Å². The van der Waals surface area contributed by atoms with Gasteiger partial charge in [-0.3, -0.25) is 9.59 Å². The summed E-state index contributed by atoms with van der Waals surface area (Å²) in [5, 5.41) is 9.42. The van der Waals surface area contributed by atoms with Crippen LogP contribution in [0, 0.1) is 23.7 Å². The molecule has 2 aliphatic carbocycles. The molecule has 2 fully saturated rings. The van der Waals surface area contributed by atoms with Crippen molar-refractivity contribution in [3.8, 4) is 0 Å². The Morgan fingerprint density at radius 3 is 2.48 bits per heavy atom. The molecule has 2 bridgehead atoms. The van der Waals surface area contributed by atoms with Crippen molar-refractivity contribution in [3.63, 3.8) is 0 Å². The number of fused-ring (bicyclic) bond motifs is 2. The molecule has 0 unspecified atom stereocenters. The number of hydrogen-bond donors (Lipinski definition) is 1. The highest BCUT2D eigenvalue weighted by Crippen LogP contribution is 2.49. The number of amides is 1. The van der Waals surface area contributed by atoms with Crippen molar-refractivity contribution < 1.29 is 24.2 Å². The normalized spacial score (nSPS) is 37.0. The second-order valence-corrected chi connectivity index (χ2v) is 6.05. The highest BCUT2D eigenvalue weighted by Gasteiger charge is 2.54. The molecule has 1 N–H and O–H groups in total. The predicted octanol–water partition coefficient (Wildman–Crippen LogP) is 0.673. The maximum atomic E-state index is 12.8. The van der Waals surface area contributed by atoms with Crippen LogP contribution in [0.1, 0.15) is 19.3 Å². The lowest BCUT2D eigenvalue weighted by Gasteiger charge is -2.30. The van der Waals surface area contributed by atoms with E-state index in [1.807, 2.05) is 12.2 Å². The van der Waals surface area contributed by atoms with Crippen LogP contribution in [0.5, 0.6) is 0 Å². The molecular formula is C15H19NO5. The molecule has 21 heavy (non-hydrogen) atoms. The van der Waals surface area contributed by atoms with Crippen molar-refractivity contribution in [1.82, 2.24) is 4.90 Å². The number of likely N-dealkylation sites (tertiary alicyclic amines) is 1. The molecule has 114 valence electrons. The van der Waals surface area contributed by atoms with E-state index in [-0.39, 0.29) is 17.7 Å². The lowest BCUT2D eigenvalue weighted by molar-refractivity contribution is -0.156. The lowest BCUT2D eigenvalue weighted by Crippen LogP contribution is -2.47. The van der Waals surface area contributed by atoms with Gasteiger partial charge < -0.3 is 14.7 Å². The zero-order valence-electron chi connectivity index (χ0n) is 11.9. The second kappa shape index (κ2) is 5.16. The van der Waals surface area contributed by atoms with Crippen molar-refractivity contribution in [3.05, 3.63) is 12.2 Å². The quantitative estimate of drug-likeness (QED) is 0.611. The van der Waals surface area contributed by atoms with E-state index < -0.39 is 29.8 Å². The highest BCUT2D eigenvalue weighted by atomic mass is 16.5. The number of carbonyl (C=O) groups is 3. The molecule has 3 aliphatic rings. The molecule has 1 saturated heterocycles. The molecule has 6 nitrogen and oxygen atoms in total. The van der Waals surface area contributed by atoms with Crippen LogP contribution in [0.3, 0.4) is 0 Å². The minimum atomic E-state index is -0.918. The molecule has 0 aromatic heterocycles. The zero-order valence-corrected chi connectivity index (χ0v) is 11.9. The maximum absolute atomic E-state index is 12.8. The van der Waals surface area contributed by atoms with Crippen LogP contribution < -0.4 is 0 Å². The minimum Gasteiger partial charge on any atom is -0.481 e. The van der Waals surface area contributed by atoms with Gasteiger partial charge in [-0.15, -0.1) is 0 Å². The van der Waals surface area contributed by atoms with E-state index in [1.54, 1.807) is 0 Å². The van der Waals surface area contributed by atoms with Crippen molar-refractivity contribution in [2.24, 2.45) is 23.7 Å². The molecule has 1 aliphatic heterocycles. The van der Waals surface area contributed by atoms with Gasteiger partial charge >= 0.3 is 11.9 Å². The molecule has 3 rings (SSSR count). The van der Waals surface area contributed by atoms with E-state index in [9.17, 15) is 19.5 Å². The summed E-state index contributed by atoms with van der Waals surface area (Å²) in [7, 11) is 1.31. The first-order chi connectivity index (χ1) is 10.0. The number of nitrogens with zero attached hydrogens (tertiary/aromatic N) is 1. The van der Waals surface area contributed by atoms with Crippen LogP contribution in [0.2, 0.25) is 0 Å². The smallest absolute Gasteiger partial charge is 0.328 e. The Kier molecular flexibility index (Phi) is 3.47. The summed E-state index contributed by atoms with van der Waals surface area (Å²) in [5.74, 6) is -2.80. The van der Waals surface area contributed by atoms with Gasteiger partial charge in [0, 0.05) is 6.54 Å². The van der Waals surface area contributed by atoms with Crippen LogP contribution in [0.15, 0.2) is 12.2 Å². The van der Waals surface area contributed by atoms with Crippen molar-refractivity contribution >= 4 is 17.8 Å². The summed E-state index contributed by atoms with van der Waals surface area (Å²) >= 11 is 0. The first kappa shape index (κ1) is 14.1. The number of hydrogen-bond acceptors (Lipinski definition) is 4. The summed E-state index contributed by atoms with van der Waals surface area (Å²) in [6, 6.07) is -0.556. The molecule has 0 aromatic carbocycles. The first-order valence-corrected chi connectivity index (χ1v) is 7.34. The molecule has 6 heteroatoms. The van der Waals surface area contributed by atoms with E-state index in [4.69, 9.17) is 4.74 Å². The molecular weight excluding hydrogens is 274 g/mol. The van der Waals surface area contributed by atoms with E-state index in [0.717, 1.165) is 12.8 Å². The second-order valence-electron chi connectivity index (χ2n) is 6.05. The number of aliphatic carboxylic acids is 1. The van der Waals surface area contributed by atoms with Gasteiger partial charge in [-0.05, 0) is 31.1 Å². The average Bonchev–Trinajstić information content (AvgIpc) is 3.18. The van der Waals surface area contributed by atoms with Gasteiger partial charge in [0.25, 0.3) is 0 Å². The SMILES string of the molecule is COC(=O)[C@@H]1CCCN1C(=O)[C@@H]1[C@H](C(=O)O)[C@H]2C=C[C@H]1C2. The van der Waals surface area contributed by atoms with E-state index in [2.05, 4.69) is 0 Å². The summed E-state index contributed by atoms with van der Waals surface area (Å²) < 4.78 is 4.75. The van der Waals surface area contributed by atoms with Crippen LogP contribution in [-0.2, 0) is 19.1 Å². The van der Waals surface area contributed by atoms with Gasteiger partial charge in [-0.25, -0.2) is 4.79 Å². The van der Waals surface area contributed by atoms with Gasteiger partial charge in [0.2, 0.25) is 5.91 Å². The van der Waals surface area contributed by atoms with E-state index in [1.165, 1.54) is 12.0 Å². The van der Waals surface area contributed by atoms with Gasteiger partial charge in [0.15, 0.2) is 0 Å². The lowest BCUT2D eigenvalue weighted by atomic mass is 9.82. The van der Waals surface area contributed by atoms with Crippen LogP contribution in [0.4, 0.5) is 0 Å². The Morgan fingerprint density at radius 2 is 1.86 bits per heavy atom. The zero-order chi connectivity index (χ0) is 15.1. The topological polar surface area (TPSA) is 83.9 Å². The van der Waals surface area contributed by atoms with Crippen LogP contribution >= 0.6 is 0 Å². The third-order valence-corrected chi connectivity index (χ3v) is 5.04. The molecule has 1 saturated carbocycles. The fraction of sp³-hybridized carbons (Fsp3) is 0.667. The largest absolute Gasteiger partial charge is 0.481 e. The molecule has 1 amide bonds. The van der Waals surface area contributed by atoms with Gasteiger partial charge in [0.1, 0.15) is 6.04 Å². The molecule has 5 atom stereocenters. The number of methoxy groups -OCH3 is 1. The summed E-state index contributed by atoms with van der Waals surface area (Å²) in [4.78, 5) is 37.6. The summed E-state index contributed by atoms with van der Waals surface area (Å²) in [6.45, 7) is 0.503. The number of ether oxygens (including phenoxy) is 1. The van der Waals surface area contributed by atoms with E-state index in [0.29, 0.717) is 13.0 Å². The first-order valence-electron chi connectivity index (χ1n) is 7.34. The Hall–Kier alpha value is -1.85. The van der Waals surface area contributed by atoms with Crippen LogP contribution in [0.25, 0.3) is 0 Å². The number of rotatable bonds is 3.